The Hall–Kier alpha value is -0.750. The molecule has 0 fully saturated rings. The van der Waals surface area contributed by atoms with Gasteiger partial charge in [0.05, 0.1) is 6.54 Å². The highest BCUT2D eigenvalue weighted by Crippen LogP contribution is 2.10. The summed E-state index contributed by atoms with van der Waals surface area (Å²) in [5, 5.41) is 10.3. The summed E-state index contributed by atoms with van der Waals surface area (Å²) >= 11 is 0. The molecule has 4 N–H and O–H groups in total. The number of carbonyl (C=O) groups is 1. The summed E-state index contributed by atoms with van der Waals surface area (Å²) in [5.74, 6) is -3.67. The van der Waals surface area contributed by atoms with Gasteiger partial charge >= 0.3 is 0 Å². The van der Waals surface area contributed by atoms with Gasteiger partial charge in [-0.25, -0.2) is 8.78 Å². The second kappa shape index (κ2) is 5.97. The predicted octanol–water partition coefficient (Wildman–Crippen LogP) is 0.104. The molecular weight excluding hydrogens is 206 g/mol. The summed E-state index contributed by atoms with van der Waals surface area (Å²) in [6.45, 7) is 1.57. The van der Waals surface area contributed by atoms with Crippen molar-refractivity contribution >= 4 is 5.91 Å². The molecule has 0 aliphatic heterocycles. The van der Waals surface area contributed by atoms with Gasteiger partial charge in [0.2, 0.25) is 5.91 Å². The number of nitrogens with two attached hydrogens (primary N) is 1. The highest BCUT2D eigenvalue weighted by molar-refractivity contribution is 5.76. The topological polar surface area (TPSA) is 75.4 Å². The Morgan fingerprint density at radius 2 is 2.07 bits per heavy atom. The van der Waals surface area contributed by atoms with E-state index in [1.165, 1.54) is 0 Å². The van der Waals surface area contributed by atoms with Gasteiger partial charge in [-0.05, 0) is 5.92 Å². The van der Waals surface area contributed by atoms with Gasteiger partial charge < -0.3 is 16.2 Å². The lowest BCUT2D eigenvalue weighted by Gasteiger charge is -2.17. The third kappa shape index (κ3) is 6.35. The lowest BCUT2D eigenvalue weighted by Crippen LogP contribution is -2.41. The van der Waals surface area contributed by atoms with Gasteiger partial charge in [0, 0.05) is 12.5 Å². The number of alkyl halides is 2. The van der Waals surface area contributed by atoms with Crippen LogP contribution < -0.4 is 11.1 Å². The van der Waals surface area contributed by atoms with E-state index in [4.69, 9.17) is 10.8 Å². The number of aliphatic hydroxyl groups is 1. The normalized spacial score (nSPS) is 14.1. The van der Waals surface area contributed by atoms with Crippen molar-refractivity contribution in [1.29, 1.82) is 0 Å². The molecule has 1 unspecified atom stereocenters. The molecule has 0 aromatic carbocycles. The molecule has 0 saturated carbocycles. The van der Waals surface area contributed by atoms with Crippen molar-refractivity contribution < 1.29 is 18.7 Å². The highest BCUT2D eigenvalue weighted by atomic mass is 19.3. The maximum Gasteiger partial charge on any atom is 0.287 e. The maximum absolute atomic E-state index is 12.5. The number of halogens is 2. The van der Waals surface area contributed by atoms with Crippen LogP contribution in [0.4, 0.5) is 8.78 Å². The number of carbonyl (C=O) groups excluding carboxylic acids is 1. The average molecular weight is 224 g/mol. The molecule has 0 aromatic heterocycles. The SMILES string of the molecule is CC(C)C(N)CC(=O)NCC(F)(F)CO. The van der Waals surface area contributed by atoms with Gasteiger partial charge in [0.15, 0.2) is 0 Å². The molecule has 0 saturated heterocycles. The van der Waals surface area contributed by atoms with E-state index in [1.807, 2.05) is 19.2 Å². The fourth-order valence-electron chi connectivity index (χ4n) is 0.806. The first-order valence-electron chi connectivity index (χ1n) is 4.79. The molecule has 0 aliphatic rings. The van der Waals surface area contributed by atoms with Crippen molar-refractivity contribution in [2.45, 2.75) is 32.2 Å². The van der Waals surface area contributed by atoms with E-state index >= 15 is 0 Å². The van der Waals surface area contributed by atoms with Crippen LogP contribution in [0, 0.1) is 5.92 Å². The predicted molar refractivity (Wildman–Crippen MR) is 52.5 cm³/mol. The molecule has 1 amide bonds. The van der Waals surface area contributed by atoms with Crippen molar-refractivity contribution in [3.05, 3.63) is 0 Å². The summed E-state index contributed by atoms with van der Waals surface area (Å²) in [5.41, 5.74) is 5.59. The van der Waals surface area contributed by atoms with Crippen LogP contribution in [0.1, 0.15) is 20.3 Å². The molecule has 15 heavy (non-hydrogen) atoms. The molecule has 0 aliphatic carbocycles. The first kappa shape index (κ1) is 14.2. The summed E-state index contributed by atoms with van der Waals surface area (Å²) in [7, 11) is 0. The van der Waals surface area contributed by atoms with Crippen molar-refractivity contribution in [2.75, 3.05) is 13.2 Å². The largest absolute Gasteiger partial charge is 0.390 e. The summed E-state index contributed by atoms with van der Waals surface area (Å²) in [6.07, 6.45) is 0.0131. The van der Waals surface area contributed by atoms with Crippen LogP contribution in [0.15, 0.2) is 0 Å². The van der Waals surface area contributed by atoms with E-state index in [0.717, 1.165) is 0 Å². The van der Waals surface area contributed by atoms with Crippen molar-refractivity contribution in [3.63, 3.8) is 0 Å². The molecular formula is C9H18F2N2O2. The molecule has 0 heterocycles. The third-order valence-electron chi connectivity index (χ3n) is 2.05. The minimum Gasteiger partial charge on any atom is -0.390 e. The zero-order valence-corrected chi connectivity index (χ0v) is 8.96. The van der Waals surface area contributed by atoms with Crippen molar-refractivity contribution in [2.24, 2.45) is 11.7 Å². The second-order valence-corrected chi connectivity index (χ2v) is 3.90. The first-order valence-corrected chi connectivity index (χ1v) is 4.79. The third-order valence-corrected chi connectivity index (χ3v) is 2.05. The van der Waals surface area contributed by atoms with Gasteiger partial charge in [-0.15, -0.1) is 0 Å². The highest BCUT2D eigenvalue weighted by Gasteiger charge is 2.28. The van der Waals surface area contributed by atoms with Crippen LogP contribution in [0.5, 0.6) is 0 Å². The number of aliphatic hydroxyl groups excluding tert-OH is 1. The van der Waals surface area contributed by atoms with Gasteiger partial charge in [0.1, 0.15) is 6.61 Å². The average Bonchev–Trinajstić information content (AvgIpc) is 2.15. The Kier molecular flexibility index (Phi) is 5.67. The fourth-order valence-corrected chi connectivity index (χ4v) is 0.806. The zero-order valence-electron chi connectivity index (χ0n) is 8.96. The summed E-state index contributed by atoms with van der Waals surface area (Å²) in [6, 6.07) is -0.340. The van der Waals surface area contributed by atoms with Crippen molar-refractivity contribution in [1.82, 2.24) is 5.32 Å². The monoisotopic (exact) mass is 224 g/mol. The lowest BCUT2D eigenvalue weighted by molar-refractivity contribution is -0.124. The molecule has 0 bridgehead atoms. The summed E-state index contributed by atoms with van der Waals surface area (Å²) < 4.78 is 25.0. The van der Waals surface area contributed by atoms with Crippen LogP contribution in [-0.2, 0) is 4.79 Å². The number of nitrogens with one attached hydrogen (secondary N) is 1. The molecule has 4 nitrogen and oxygen atoms in total. The minimum absolute atomic E-state index is 0.0131. The zero-order chi connectivity index (χ0) is 12.1. The summed E-state index contributed by atoms with van der Waals surface area (Å²) in [4.78, 5) is 11.1. The quantitative estimate of drug-likeness (QED) is 0.599. The molecule has 1 atom stereocenters. The van der Waals surface area contributed by atoms with Crippen LogP contribution in [0.3, 0.4) is 0 Å². The van der Waals surface area contributed by atoms with Gasteiger partial charge in [0.25, 0.3) is 5.92 Å². The van der Waals surface area contributed by atoms with E-state index < -0.39 is 25.0 Å². The molecule has 0 rings (SSSR count). The lowest BCUT2D eigenvalue weighted by atomic mass is 10.0. The molecule has 6 heteroatoms. The fraction of sp³-hybridized carbons (Fsp3) is 0.889. The Morgan fingerprint density at radius 3 is 2.47 bits per heavy atom. The van der Waals surface area contributed by atoms with Crippen LogP contribution in [0.2, 0.25) is 0 Å². The van der Waals surface area contributed by atoms with Crippen molar-refractivity contribution in [3.8, 4) is 0 Å². The molecule has 0 aromatic rings. The van der Waals surface area contributed by atoms with Gasteiger partial charge in [-0.3, -0.25) is 4.79 Å². The van der Waals surface area contributed by atoms with E-state index in [1.54, 1.807) is 0 Å². The molecule has 0 spiro atoms. The standard InChI is InChI=1S/C9H18F2N2O2/c1-6(2)7(12)3-8(15)13-4-9(10,11)5-14/h6-7,14H,3-5,12H2,1-2H3,(H,13,15). The smallest absolute Gasteiger partial charge is 0.287 e. The first-order chi connectivity index (χ1) is 6.78. The van der Waals surface area contributed by atoms with E-state index in [-0.39, 0.29) is 18.4 Å². The van der Waals surface area contributed by atoms with E-state index in [9.17, 15) is 13.6 Å². The number of rotatable bonds is 6. The second-order valence-electron chi connectivity index (χ2n) is 3.90. The Balaban J connectivity index is 3.86. The van der Waals surface area contributed by atoms with Gasteiger partial charge in [-0.2, -0.15) is 0 Å². The molecule has 0 radical (unpaired) electrons. The molecule has 90 valence electrons. The van der Waals surface area contributed by atoms with Crippen LogP contribution in [0.25, 0.3) is 0 Å². The number of hydrogen-bond donors (Lipinski definition) is 3. The van der Waals surface area contributed by atoms with Crippen LogP contribution in [-0.4, -0.2) is 36.1 Å². The number of amides is 1. The van der Waals surface area contributed by atoms with Crippen LogP contribution >= 0.6 is 0 Å². The van der Waals surface area contributed by atoms with Gasteiger partial charge in [-0.1, -0.05) is 13.8 Å². The van der Waals surface area contributed by atoms with E-state index in [2.05, 4.69) is 0 Å². The Labute approximate surface area is 87.8 Å². The maximum atomic E-state index is 12.5. The number of hydrogen-bond acceptors (Lipinski definition) is 3. The Morgan fingerprint density at radius 1 is 1.53 bits per heavy atom. The van der Waals surface area contributed by atoms with E-state index in [0.29, 0.717) is 0 Å². The minimum atomic E-state index is -3.27. The Bertz CT molecular complexity index is 210.